The molecule has 0 heterocycles. The van der Waals surface area contributed by atoms with Gasteiger partial charge in [0, 0.05) is 0 Å². The highest BCUT2D eigenvalue weighted by Crippen LogP contribution is 2.27. The molecule has 0 aromatic heterocycles. The molecule has 0 spiro atoms. The molecule has 0 bridgehead atoms. The third-order valence-corrected chi connectivity index (χ3v) is 3.80. The van der Waals surface area contributed by atoms with Gasteiger partial charge in [0.2, 0.25) is 0 Å². The molecular formula is C2H2F6N2O5S2. The molecule has 0 saturated carbocycles. The first-order valence-electron chi connectivity index (χ1n) is 2.82. The molecule has 0 fully saturated rings. The maximum absolute atomic E-state index is 11.5. The molecule has 0 atom stereocenters. The van der Waals surface area contributed by atoms with Crippen LogP contribution in [-0.2, 0) is 20.0 Å². The Balaban J connectivity index is 0. The van der Waals surface area contributed by atoms with Gasteiger partial charge in [-0.05, 0) is 0 Å². The lowest BCUT2D eigenvalue weighted by molar-refractivity contribution is -0.0476. The summed E-state index contributed by atoms with van der Waals surface area (Å²) in [6.45, 7) is 0. The summed E-state index contributed by atoms with van der Waals surface area (Å²) in [5, 5.41) is 0. The minimum atomic E-state index is -6.60. The number of hydrogen-bond acceptors (Lipinski definition) is 6. The number of sulfonamides is 2. The fraction of sp³-hybridized carbons (Fsp3) is 1.00. The standard InChI is InChI=1S/C2HF6NO4S2.HNO/c3-1(4,5)14(10,11)9-15(12,13)2(6,7)8;1-2/h9H;1H. The first kappa shape index (κ1) is 18.4. The lowest BCUT2D eigenvalue weighted by Crippen LogP contribution is -2.45. The highest BCUT2D eigenvalue weighted by molar-refractivity contribution is 8.05. The first-order chi connectivity index (χ1) is 7.21. The van der Waals surface area contributed by atoms with Gasteiger partial charge in [0.15, 0.2) is 0 Å². The van der Waals surface area contributed by atoms with Crippen molar-refractivity contribution in [1.29, 1.82) is 5.59 Å². The van der Waals surface area contributed by atoms with Crippen molar-refractivity contribution in [1.82, 2.24) is 4.13 Å². The highest BCUT2D eigenvalue weighted by atomic mass is 32.3. The molecule has 7 nitrogen and oxygen atoms in total. The summed E-state index contributed by atoms with van der Waals surface area (Å²) in [6.07, 6.45) is 0. The molecule has 104 valence electrons. The van der Waals surface area contributed by atoms with Gasteiger partial charge < -0.3 is 0 Å². The Morgan fingerprint density at radius 1 is 0.706 bits per heavy atom. The molecule has 0 unspecified atom stereocenters. The van der Waals surface area contributed by atoms with E-state index in [-0.39, 0.29) is 0 Å². The molecule has 0 rings (SSSR count). The van der Waals surface area contributed by atoms with Crippen molar-refractivity contribution in [3.8, 4) is 0 Å². The van der Waals surface area contributed by atoms with Crippen molar-refractivity contribution in [2.75, 3.05) is 0 Å². The van der Waals surface area contributed by atoms with Crippen LogP contribution >= 0.6 is 0 Å². The fourth-order valence-electron chi connectivity index (χ4n) is 0.239. The normalized spacial score (nSPS) is 13.8. The van der Waals surface area contributed by atoms with Gasteiger partial charge in [0.1, 0.15) is 0 Å². The molecule has 0 radical (unpaired) electrons. The summed E-state index contributed by atoms with van der Waals surface area (Å²) in [5.41, 5.74) is -7.80. The third-order valence-electron chi connectivity index (χ3n) is 0.829. The Labute approximate surface area is 89.7 Å². The van der Waals surface area contributed by atoms with E-state index in [1.807, 2.05) is 0 Å². The topological polar surface area (TPSA) is 121 Å². The van der Waals surface area contributed by atoms with E-state index in [1.165, 1.54) is 0 Å². The number of hydrogen-bond donors (Lipinski definition) is 2. The van der Waals surface area contributed by atoms with Crippen LogP contribution in [0.1, 0.15) is 0 Å². The van der Waals surface area contributed by atoms with Crippen molar-refractivity contribution >= 4 is 20.0 Å². The zero-order valence-corrected chi connectivity index (χ0v) is 8.76. The van der Waals surface area contributed by atoms with E-state index in [2.05, 4.69) is 5.59 Å². The van der Waals surface area contributed by atoms with Gasteiger partial charge in [-0.2, -0.15) is 31.2 Å². The first-order valence-corrected chi connectivity index (χ1v) is 5.79. The minimum absolute atomic E-state index is 0.493. The number of nitroso groups, excluding NO2 is 1. The van der Waals surface area contributed by atoms with Crippen molar-refractivity contribution in [3.05, 3.63) is 4.91 Å². The van der Waals surface area contributed by atoms with E-state index in [0.717, 1.165) is 0 Å². The zero-order valence-electron chi connectivity index (χ0n) is 7.13. The average Bonchev–Trinajstić information content (AvgIpc) is 2.01. The van der Waals surface area contributed by atoms with Crippen LogP contribution in [0.4, 0.5) is 26.3 Å². The molecule has 0 amide bonds. The second-order valence-electron chi connectivity index (χ2n) is 1.98. The van der Waals surface area contributed by atoms with Crippen LogP contribution in [0.5, 0.6) is 0 Å². The Hall–Kier alpha value is -0.960. The summed E-state index contributed by atoms with van der Waals surface area (Å²) < 4.78 is 108. The van der Waals surface area contributed by atoms with Gasteiger partial charge in [-0.25, -0.2) is 16.8 Å². The highest BCUT2D eigenvalue weighted by Gasteiger charge is 2.55. The van der Waals surface area contributed by atoms with Crippen LogP contribution in [0, 0.1) is 10.5 Å². The largest absolute Gasteiger partial charge is 0.512 e. The summed E-state index contributed by atoms with van der Waals surface area (Å²) in [4.78, 5) is 7.50. The average molecular weight is 312 g/mol. The van der Waals surface area contributed by atoms with Gasteiger partial charge in [0.05, 0.1) is 0 Å². The van der Waals surface area contributed by atoms with Crippen LogP contribution in [0.15, 0.2) is 0 Å². The maximum atomic E-state index is 11.5. The predicted octanol–water partition coefficient (Wildman–Crippen LogP) is 0.607. The number of halogens is 6. The molecule has 15 heteroatoms. The Morgan fingerprint density at radius 2 is 0.882 bits per heavy atom. The van der Waals surface area contributed by atoms with E-state index in [0.29, 0.717) is 0 Å². The molecule has 0 aliphatic heterocycles. The Kier molecular flexibility index (Phi) is 5.55. The zero-order chi connectivity index (χ0) is 14.7. The van der Waals surface area contributed by atoms with Crippen LogP contribution < -0.4 is 4.13 Å². The SMILES string of the molecule is N=O.O=S(=O)(NS(=O)(=O)C(F)(F)F)C(F)(F)F. The van der Waals surface area contributed by atoms with Crippen molar-refractivity contribution in [3.63, 3.8) is 0 Å². The van der Waals surface area contributed by atoms with E-state index in [4.69, 9.17) is 4.91 Å². The Morgan fingerprint density at radius 3 is 1.00 bits per heavy atom. The van der Waals surface area contributed by atoms with E-state index >= 15 is 0 Å². The summed E-state index contributed by atoms with van der Waals surface area (Å²) >= 11 is 0. The molecule has 0 aliphatic rings. The van der Waals surface area contributed by atoms with Gasteiger partial charge in [-0.1, -0.05) is 9.72 Å². The lowest BCUT2D eigenvalue weighted by atomic mass is 11.6. The predicted molar refractivity (Wildman–Crippen MR) is 39.2 cm³/mol. The molecular weight excluding hydrogens is 310 g/mol. The number of alkyl halides is 6. The van der Waals surface area contributed by atoms with Gasteiger partial charge in [-0.15, -0.1) is 0 Å². The maximum Gasteiger partial charge on any atom is 0.512 e. The van der Waals surface area contributed by atoms with Crippen LogP contribution in [0.2, 0.25) is 0 Å². The van der Waals surface area contributed by atoms with E-state index < -0.39 is 35.2 Å². The van der Waals surface area contributed by atoms with E-state index in [1.54, 1.807) is 0 Å². The Bertz CT molecular complexity index is 404. The summed E-state index contributed by atoms with van der Waals surface area (Å²) in [5.74, 6) is 0. The monoisotopic (exact) mass is 312 g/mol. The van der Waals surface area contributed by atoms with E-state index in [9.17, 15) is 43.2 Å². The molecule has 0 saturated heterocycles. The molecule has 0 aromatic rings. The van der Waals surface area contributed by atoms with Crippen molar-refractivity contribution in [2.45, 2.75) is 11.0 Å². The molecule has 2 N–H and O–H groups in total. The van der Waals surface area contributed by atoms with Gasteiger partial charge >= 0.3 is 31.1 Å². The van der Waals surface area contributed by atoms with Gasteiger partial charge in [0.25, 0.3) is 0 Å². The number of rotatable bonds is 2. The van der Waals surface area contributed by atoms with Crippen LogP contribution in [0.25, 0.3) is 0 Å². The van der Waals surface area contributed by atoms with Crippen molar-refractivity contribution in [2.24, 2.45) is 0 Å². The minimum Gasteiger partial charge on any atom is -0.202 e. The summed E-state index contributed by atoms with van der Waals surface area (Å²) in [7, 11) is -13.2. The molecule has 17 heavy (non-hydrogen) atoms. The fourth-order valence-corrected chi connectivity index (χ4v) is 2.15. The second kappa shape index (κ2) is 5.13. The van der Waals surface area contributed by atoms with Crippen LogP contribution in [-0.4, -0.2) is 27.9 Å². The number of nitrogens with one attached hydrogen (secondary N) is 2. The van der Waals surface area contributed by atoms with Crippen molar-refractivity contribution < 1.29 is 43.2 Å². The second-order valence-corrected chi connectivity index (χ2v) is 5.59. The summed E-state index contributed by atoms with van der Waals surface area (Å²) in [6, 6.07) is 0. The lowest BCUT2D eigenvalue weighted by Gasteiger charge is -2.11. The third kappa shape index (κ3) is 4.82. The van der Waals surface area contributed by atoms with Gasteiger partial charge in [-0.3, -0.25) is 0 Å². The quantitative estimate of drug-likeness (QED) is 0.571. The van der Waals surface area contributed by atoms with Crippen LogP contribution in [0.3, 0.4) is 0 Å². The molecule has 0 aliphatic carbocycles. The smallest absolute Gasteiger partial charge is 0.202 e. The molecule has 0 aromatic carbocycles.